The zero-order chi connectivity index (χ0) is 27.2. The molecule has 0 saturated heterocycles. The minimum Gasteiger partial charge on any atom is -0.489 e. The largest absolute Gasteiger partial charge is 0.489 e. The molecule has 38 heavy (non-hydrogen) atoms. The van der Waals surface area contributed by atoms with Crippen molar-refractivity contribution in [3.05, 3.63) is 102 Å². The molecule has 9 heteroatoms. The molecule has 3 aromatic rings. The number of amides is 1. The van der Waals surface area contributed by atoms with Crippen molar-refractivity contribution in [2.75, 3.05) is 6.54 Å². The molecule has 0 saturated carbocycles. The minimum absolute atomic E-state index is 0.0540. The second-order valence-electron chi connectivity index (χ2n) is 8.74. The van der Waals surface area contributed by atoms with Crippen LogP contribution in [0.15, 0.2) is 89.9 Å². The van der Waals surface area contributed by atoms with Crippen molar-refractivity contribution < 1.29 is 24.2 Å². The van der Waals surface area contributed by atoms with Crippen molar-refractivity contribution >= 4 is 17.8 Å². The molecule has 1 amide bonds. The molecule has 0 aliphatic heterocycles. The maximum Gasteiger partial charge on any atom is 0.329 e. The van der Waals surface area contributed by atoms with Gasteiger partial charge in [0.05, 0.1) is 0 Å². The molecule has 0 aliphatic rings. The SMILES string of the molecule is NC(N)=NCCC[C@H](O)C(=O)N[C@@H](Cc1ccc(OCc2ccccc2)cc1)C(=O)OCc1ccccc1. The molecule has 200 valence electrons. The van der Waals surface area contributed by atoms with Crippen LogP contribution in [0.3, 0.4) is 0 Å². The zero-order valence-electron chi connectivity index (χ0n) is 21.2. The van der Waals surface area contributed by atoms with Gasteiger partial charge < -0.3 is 31.4 Å². The molecule has 3 rings (SSSR count). The lowest BCUT2D eigenvalue weighted by Crippen LogP contribution is -2.47. The Morgan fingerprint density at radius 3 is 2.05 bits per heavy atom. The van der Waals surface area contributed by atoms with Crippen molar-refractivity contribution in [2.24, 2.45) is 16.5 Å². The van der Waals surface area contributed by atoms with Gasteiger partial charge in [0.15, 0.2) is 5.96 Å². The summed E-state index contributed by atoms with van der Waals surface area (Å²) in [7, 11) is 0. The highest BCUT2D eigenvalue weighted by molar-refractivity contribution is 5.87. The number of carbonyl (C=O) groups excluding carboxylic acids is 2. The number of rotatable bonds is 14. The number of guanidine groups is 1. The first-order chi connectivity index (χ1) is 18.4. The molecule has 0 aliphatic carbocycles. The Morgan fingerprint density at radius 1 is 0.842 bits per heavy atom. The highest BCUT2D eigenvalue weighted by Gasteiger charge is 2.26. The van der Waals surface area contributed by atoms with E-state index in [1.165, 1.54) is 0 Å². The third-order valence-corrected chi connectivity index (χ3v) is 5.67. The molecule has 0 unspecified atom stereocenters. The van der Waals surface area contributed by atoms with Crippen LogP contribution in [0, 0.1) is 0 Å². The van der Waals surface area contributed by atoms with E-state index >= 15 is 0 Å². The lowest BCUT2D eigenvalue weighted by atomic mass is 10.0. The minimum atomic E-state index is -1.32. The van der Waals surface area contributed by atoms with Gasteiger partial charge in [0.25, 0.3) is 0 Å². The number of nitrogens with one attached hydrogen (secondary N) is 1. The van der Waals surface area contributed by atoms with Crippen molar-refractivity contribution in [2.45, 2.75) is 44.6 Å². The van der Waals surface area contributed by atoms with Crippen LogP contribution < -0.4 is 21.5 Å². The molecule has 0 heterocycles. The van der Waals surface area contributed by atoms with Crippen molar-refractivity contribution in [1.82, 2.24) is 5.32 Å². The summed E-state index contributed by atoms with van der Waals surface area (Å²) in [6, 6.07) is 25.4. The number of hydrogen-bond acceptors (Lipinski definition) is 6. The first kappa shape index (κ1) is 28.2. The van der Waals surface area contributed by atoms with Gasteiger partial charge in [0.1, 0.15) is 31.1 Å². The fourth-order valence-electron chi connectivity index (χ4n) is 3.61. The number of benzene rings is 3. The van der Waals surface area contributed by atoms with Gasteiger partial charge in [-0.3, -0.25) is 9.79 Å². The Kier molecular flexibility index (Phi) is 11.1. The van der Waals surface area contributed by atoms with Gasteiger partial charge in [0.2, 0.25) is 5.91 Å². The molecule has 0 spiro atoms. The van der Waals surface area contributed by atoms with E-state index in [-0.39, 0.29) is 32.0 Å². The second-order valence-corrected chi connectivity index (χ2v) is 8.74. The van der Waals surface area contributed by atoms with Gasteiger partial charge in [-0.05, 0) is 41.7 Å². The number of aliphatic hydroxyl groups is 1. The van der Waals surface area contributed by atoms with Gasteiger partial charge in [0, 0.05) is 13.0 Å². The quantitative estimate of drug-likeness (QED) is 0.111. The van der Waals surface area contributed by atoms with E-state index < -0.39 is 24.0 Å². The predicted octanol–water partition coefficient (Wildman–Crippen LogP) is 2.45. The fourth-order valence-corrected chi connectivity index (χ4v) is 3.61. The monoisotopic (exact) mass is 518 g/mol. The maximum absolute atomic E-state index is 13.0. The highest BCUT2D eigenvalue weighted by atomic mass is 16.5. The molecule has 6 N–H and O–H groups in total. The summed E-state index contributed by atoms with van der Waals surface area (Å²) in [5.74, 6) is -0.638. The maximum atomic E-state index is 13.0. The molecule has 0 radical (unpaired) electrons. The molecular weight excluding hydrogens is 484 g/mol. The average Bonchev–Trinajstić information content (AvgIpc) is 2.94. The third-order valence-electron chi connectivity index (χ3n) is 5.67. The first-order valence-corrected chi connectivity index (χ1v) is 12.4. The molecular formula is C29H34N4O5. The Morgan fingerprint density at radius 2 is 1.45 bits per heavy atom. The van der Waals surface area contributed by atoms with Crippen molar-refractivity contribution in [3.63, 3.8) is 0 Å². The Bertz CT molecular complexity index is 1170. The zero-order valence-corrected chi connectivity index (χ0v) is 21.2. The number of hydrogen-bond donors (Lipinski definition) is 4. The van der Waals surface area contributed by atoms with Crippen LogP contribution in [0.5, 0.6) is 5.75 Å². The van der Waals surface area contributed by atoms with Crippen LogP contribution in [0.25, 0.3) is 0 Å². The number of carbonyl (C=O) groups is 2. The summed E-state index contributed by atoms with van der Waals surface area (Å²) < 4.78 is 11.3. The van der Waals surface area contributed by atoms with E-state index in [9.17, 15) is 14.7 Å². The van der Waals surface area contributed by atoms with E-state index in [0.29, 0.717) is 18.8 Å². The van der Waals surface area contributed by atoms with E-state index in [1.54, 1.807) is 0 Å². The van der Waals surface area contributed by atoms with Gasteiger partial charge in [-0.1, -0.05) is 72.8 Å². The lowest BCUT2D eigenvalue weighted by molar-refractivity contribution is -0.150. The van der Waals surface area contributed by atoms with Crippen molar-refractivity contribution in [1.29, 1.82) is 0 Å². The van der Waals surface area contributed by atoms with Crippen LogP contribution in [-0.4, -0.2) is 41.6 Å². The van der Waals surface area contributed by atoms with Gasteiger partial charge >= 0.3 is 5.97 Å². The summed E-state index contributed by atoms with van der Waals surface area (Å²) in [6.07, 6.45) is -0.594. The standard InChI is InChI=1S/C29H34N4O5/c30-29(31)32-17-7-12-26(34)27(35)33-25(28(36)38-20-23-10-5-2-6-11-23)18-21-13-15-24(16-14-21)37-19-22-8-3-1-4-9-22/h1-6,8-11,13-16,25-26,34H,7,12,17-20H2,(H,33,35)(H4,30,31,32)/t25-,26-/m0/s1. The number of aliphatic hydroxyl groups excluding tert-OH is 1. The van der Waals surface area contributed by atoms with Gasteiger partial charge in [-0.25, -0.2) is 4.79 Å². The third kappa shape index (κ3) is 9.94. The summed E-state index contributed by atoms with van der Waals surface area (Å²) >= 11 is 0. The van der Waals surface area contributed by atoms with Crippen LogP contribution in [0.1, 0.15) is 29.5 Å². The molecule has 2 atom stereocenters. The van der Waals surface area contributed by atoms with Gasteiger partial charge in [-0.15, -0.1) is 0 Å². The van der Waals surface area contributed by atoms with E-state index in [0.717, 1.165) is 16.7 Å². The number of esters is 1. The van der Waals surface area contributed by atoms with Crippen LogP contribution in [-0.2, 0) is 34.0 Å². The Hall–Kier alpha value is -4.37. The predicted molar refractivity (Wildman–Crippen MR) is 145 cm³/mol. The number of nitrogens with two attached hydrogens (primary N) is 2. The van der Waals surface area contributed by atoms with Crippen molar-refractivity contribution in [3.8, 4) is 5.75 Å². The molecule has 9 nitrogen and oxygen atoms in total. The number of aliphatic imine (C=N–C) groups is 1. The molecule has 0 bridgehead atoms. The smallest absolute Gasteiger partial charge is 0.329 e. The molecule has 0 aromatic heterocycles. The van der Waals surface area contributed by atoms with E-state index in [2.05, 4.69) is 10.3 Å². The Balaban J connectivity index is 1.61. The first-order valence-electron chi connectivity index (χ1n) is 12.4. The van der Waals surface area contributed by atoms with Gasteiger partial charge in [-0.2, -0.15) is 0 Å². The van der Waals surface area contributed by atoms with E-state index in [1.807, 2.05) is 84.9 Å². The summed E-state index contributed by atoms with van der Waals surface area (Å²) in [4.78, 5) is 29.4. The molecule has 0 fully saturated rings. The van der Waals surface area contributed by atoms with E-state index in [4.69, 9.17) is 20.9 Å². The molecule has 3 aromatic carbocycles. The highest BCUT2D eigenvalue weighted by Crippen LogP contribution is 2.16. The number of ether oxygens (including phenoxy) is 2. The number of nitrogens with zero attached hydrogens (tertiary/aromatic N) is 1. The lowest BCUT2D eigenvalue weighted by Gasteiger charge is -2.20. The average molecular weight is 519 g/mol. The van der Waals surface area contributed by atoms with Crippen LogP contribution in [0.4, 0.5) is 0 Å². The normalized spacial score (nSPS) is 12.1. The van der Waals surface area contributed by atoms with Crippen LogP contribution >= 0.6 is 0 Å². The van der Waals surface area contributed by atoms with Crippen LogP contribution in [0.2, 0.25) is 0 Å². The Labute approximate surface area is 222 Å². The fraction of sp³-hybridized carbons (Fsp3) is 0.276. The summed E-state index contributed by atoms with van der Waals surface area (Å²) in [6.45, 7) is 0.791. The summed E-state index contributed by atoms with van der Waals surface area (Å²) in [5.41, 5.74) is 13.3. The summed E-state index contributed by atoms with van der Waals surface area (Å²) in [5, 5.41) is 12.9. The second kappa shape index (κ2) is 15.0. The topological polar surface area (TPSA) is 149 Å².